The molecule has 1 N–H and O–H groups in total. The highest BCUT2D eigenvalue weighted by molar-refractivity contribution is 7.92. The lowest BCUT2D eigenvalue weighted by Gasteiger charge is -2.22. The van der Waals surface area contributed by atoms with Gasteiger partial charge in [-0.25, -0.2) is 8.42 Å². The van der Waals surface area contributed by atoms with Gasteiger partial charge in [0, 0.05) is 18.3 Å². The zero-order valence-corrected chi connectivity index (χ0v) is 18.1. The highest BCUT2D eigenvalue weighted by atomic mass is 32.2. The van der Waals surface area contributed by atoms with Gasteiger partial charge in [0.1, 0.15) is 0 Å². The lowest BCUT2D eigenvalue weighted by molar-refractivity contribution is 0.102. The molecule has 0 heterocycles. The average molecular weight is 431 g/mol. The lowest BCUT2D eigenvalue weighted by atomic mass is 10.1. The Morgan fingerprint density at radius 1 is 0.806 bits per heavy atom. The number of carbonyl (C=O) groups excluding carboxylic acids is 1. The van der Waals surface area contributed by atoms with Gasteiger partial charge in [-0.1, -0.05) is 48.5 Å². The summed E-state index contributed by atoms with van der Waals surface area (Å²) in [5, 5.41) is 5.05. The van der Waals surface area contributed by atoms with E-state index in [-0.39, 0.29) is 10.8 Å². The monoisotopic (exact) mass is 430 g/mol. The van der Waals surface area contributed by atoms with Crippen LogP contribution in [0.4, 0.5) is 11.4 Å². The van der Waals surface area contributed by atoms with Crippen LogP contribution in [0.3, 0.4) is 0 Å². The summed E-state index contributed by atoms with van der Waals surface area (Å²) in [5.41, 5.74) is 2.37. The molecule has 0 radical (unpaired) electrons. The van der Waals surface area contributed by atoms with Crippen LogP contribution in [-0.2, 0) is 10.0 Å². The van der Waals surface area contributed by atoms with Crippen molar-refractivity contribution >= 4 is 38.1 Å². The number of hydrogen-bond acceptors (Lipinski definition) is 3. The van der Waals surface area contributed by atoms with E-state index < -0.39 is 10.0 Å². The minimum Gasteiger partial charge on any atom is -0.322 e. The van der Waals surface area contributed by atoms with E-state index in [9.17, 15) is 13.2 Å². The fraction of sp³-hybridized carbons (Fsp3) is 0.0800. The number of amides is 1. The third kappa shape index (κ3) is 4.15. The summed E-state index contributed by atoms with van der Waals surface area (Å²) in [4.78, 5) is 13.0. The molecule has 0 aliphatic heterocycles. The summed E-state index contributed by atoms with van der Waals surface area (Å²) < 4.78 is 27.0. The molecule has 4 aromatic rings. The van der Waals surface area contributed by atoms with Gasteiger partial charge >= 0.3 is 0 Å². The number of fused-ring (bicyclic) bond motifs is 1. The first kappa shape index (κ1) is 20.6. The van der Waals surface area contributed by atoms with E-state index in [1.54, 1.807) is 55.5 Å². The van der Waals surface area contributed by atoms with Gasteiger partial charge in [0.15, 0.2) is 0 Å². The molecule has 0 aliphatic carbocycles. The second-order valence-corrected chi connectivity index (χ2v) is 9.27. The summed E-state index contributed by atoms with van der Waals surface area (Å²) in [6.45, 7) is 1.79. The number of sulfonamides is 1. The first-order valence-corrected chi connectivity index (χ1v) is 11.2. The van der Waals surface area contributed by atoms with Crippen LogP contribution in [0.25, 0.3) is 10.8 Å². The fourth-order valence-electron chi connectivity index (χ4n) is 3.50. The Bertz CT molecular complexity index is 1370. The molecule has 0 saturated carbocycles. The molecular formula is C25H22N2O3S. The third-order valence-electron chi connectivity index (χ3n) is 5.21. The molecule has 4 aromatic carbocycles. The second-order valence-electron chi connectivity index (χ2n) is 7.30. The zero-order chi connectivity index (χ0) is 22.0. The Labute approximate surface area is 182 Å². The van der Waals surface area contributed by atoms with Gasteiger partial charge in [-0.3, -0.25) is 9.10 Å². The smallest absolute Gasteiger partial charge is 0.264 e. The van der Waals surface area contributed by atoms with Crippen molar-refractivity contribution in [3.8, 4) is 0 Å². The van der Waals surface area contributed by atoms with Crippen molar-refractivity contribution in [1.29, 1.82) is 0 Å². The maximum absolute atomic E-state index is 12.9. The topological polar surface area (TPSA) is 66.5 Å². The van der Waals surface area contributed by atoms with Crippen molar-refractivity contribution in [2.45, 2.75) is 11.8 Å². The Morgan fingerprint density at radius 3 is 2.19 bits per heavy atom. The normalized spacial score (nSPS) is 11.3. The number of nitrogens with zero attached hydrogens (tertiary/aromatic N) is 1. The Morgan fingerprint density at radius 2 is 1.48 bits per heavy atom. The van der Waals surface area contributed by atoms with Crippen molar-refractivity contribution in [2.24, 2.45) is 0 Å². The molecule has 5 nitrogen and oxygen atoms in total. The number of benzene rings is 4. The minimum atomic E-state index is -3.68. The predicted octanol–water partition coefficient (Wildman–Crippen LogP) is 5.23. The Kier molecular flexibility index (Phi) is 5.48. The van der Waals surface area contributed by atoms with E-state index >= 15 is 0 Å². The van der Waals surface area contributed by atoms with Crippen LogP contribution in [0.2, 0.25) is 0 Å². The molecule has 0 bridgehead atoms. The molecule has 0 fully saturated rings. The van der Waals surface area contributed by atoms with Gasteiger partial charge in [-0.15, -0.1) is 0 Å². The van der Waals surface area contributed by atoms with E-state index in [1.807, 2.05) is 42.5 Å². The minimum absolute atomic E-state index is 0.218. The van der Waals surface area contributed by atoms with Gasteiger partial charge in [0.05, 0.1) is 10.6 Å². The summed E-state index contributed by atoms with van der Waals surface area (Å²) >= 11 is 0. The first-order chi connectivity index (χ1) is 14.9. The number of rotatable bonds is 5. The van der Waals surface area contributed by atoms with Crippen molar-refractivity contribution in [2.75, 3.05) is 16.7 Å². The molecule has 156 valence electrons. The fourth-order valence-corrected chi connectivity index (χ4v) is 4.78. The second kappa shape index (κ2) is 8.24. The van der Waals surface area contributed by atoms with Crippen molar-refractivity contribution in [3.05, 3.63) is 102 Å². The molecule has 0 spiro atoms. The maximum atomic E-state index is 12.9. The molecule has 4 rings (SSSR count). The molecule has 0 atom stereocenters. The van der Waals surface area contributed by atoms with E-state index in [2.05, 4.69) is 5.32 Å². The lowest BCUT2D eigenvalue weighted by Crippen LogP contribution is -2.27. The van der Waals surface area contributed by atoms with Crippen LogP contribution >= 0.6 is 0 Å². The van der Waals surface area contributed by atoms with Crippen molar-refractivity contribution in [1.82, 2.24) is 0 Å². The summed E-state index contributed by atoms with van der Waals surface area (Å²) in [7, 11) is -2.17. The van der Waals surface area contributed by atoms with Gasteiger partial charge < -0.3 is 5.32 Å². The van der Waals surface area contributed by atoms with E-state index in [1.165, 1.54) is 11.4 Å². The molecule has 31 heavy (non-hydrogen) atoms. The largest absolute Gasteiger partial charge is 0.322 e. The molecule has 0 saturated heterocycles. The number of anilines is 2. The third-order valence-corrected chi connectivity index (χ3v) is 6.99. The van der Waals surface area contributed by atoms with Crippen LogP contribution in [0.1, 0.15) is 15.9 Å². The molecule has 0 aromatic heterocycles. The number of nitrogens with one attached hydrogen (secondary N) is 1. The van der Waals surface area contributed by atoms with Crippen LogP contribution < -0.4 is 9.62 Å². The van der Waals surface area contributed by atoms with Crippen LogP contribution in [-0.4, -0.2) is 21.4 Å². The Hall–Kier alpha value is -3.64. The van der Waals surface area contributed by atoms with Crippen molar-refractivity contribution < 1.29 is 13.2 Å². The Balaban J connectivity index is 1.57. The molecule has 6 heteroatoms. The maximum Gasteiger partial charge on any atom is 0.264 e. The number of hydrogen-bond donors (Lipinski definition) is 1. The van der Waals surface area contributed by atoms with Gasteiger partial charge in [-0.05, 0) is 65.7 Å². The average Bonchev–Trinajstić information content (AvgIpc) is 2.79. The van der Waals surface area contributed by atoms with E-state index in [0.29, 0.717) is 22.5 Å². The summed E-state index contributed by atoms with van der Waals surface area (Å²) in [6.07, 6.45) is 0. The molecule has 0 unspecified atom stereocenters. The summed E-state index contributed by atoms with van der Waals surface area (Å²) in [5.74, 6) is -0.251. The zero-order valence-electron chi connectivity index (χ0n) is 17.2. The van der Waals surface area contributed by atoms with Crippen LogP contribution in [0.15, 0.2) is 95.9 Å². The molecule has 0 aliphatic rings. The SMILES string of the molecule is Cc1cc(C(=O)Nc2ccc3ccccc3c2)ccc1N(C)S(=O)(=O)c1ccccc1. The quantitative estimate of drug-likeness (QED) is 0.472. The van der Waals surface area contributed by atoms with Crippen LogP contribution in [0, 0.1) is 6.92 Å². The molecule has 1 amide bonds. The summed E-state index contributed by atoms with van der Waals surface area (Å²) in [6, 6.07) is 26.9. The molecular weight excluding hydrogens is 408 g/mol. The highest BCUT2D eigenvalue weighted by Gasteiger charge is 2.22. The number of carbonyl (C=O) groups is 1. The van der Waals surface area contributed by atoms with Crippen LogP contribution in [0.5, 0.6) is 0 Å². The van der Waals surface area contributed by atoms with E-state index in [4.69, 9.17) is 0 Å². The van der Waals surface area contributed by atoms with Gasteiger partial charge in [0.2, 0.25) is 0 Å². The predicted molar refractivity (Wildman–Crippen MR) is 125 cm³/mol. The van der Waals surface area contributed by atoms with Gasteiger partial charge in [0.25, 0.3) is 15.9 Å². The van der Waals surface area contributed by atoms with E-state index in [0.717, 1.165) is 10.8 Å². The van der Waals surface area contributed by atoms with Crippen molar-refractivity contribution in [3.63, 3.8) is 0 Å². The standard InChI is InChI=1S/C25H22N2O3S/c1-18-16-21(25(28)26-22-14-12-19-8-6-7-9-20(19)17-22)13-15-24(18)27(2)31(29,30)23-10-4-3-5-11-23/h3-17H,1-2H3,(H,26,28). The number of aryl methyl sites for hydroxylation is 1. The van der Waals surface area contributed by atoms with Gasteiger partial charge in [-0.2, -0.15) is 0 Å². The highest BCUT2D eigenvalue weighted by Crippen LogP contribution is 2.27. The first-order valence-electron chi connectivity index (χ1n) is 9.81.